The van der Waals surface area contributed by atoms with Crippen LogP contribution in [0.5, 0.6) is 0 Å². The molecule has 2 aliphatic rings. The average molecular weight is 717 g/mol. The van der Waals surface area contributed by atoms with Gasteiger partial charge in [-0.2, -0.15) is 0 Å². The molecule has 45 heavy (non-hydrogen) atoms. The van der Waals surface area contributed by atoms with Crippen LogP contribution in [0.2, 0.25) is 0 Å². The molecule has 4 heterocycles. The fraction of sp³-hybridized carbons (Fsp3) is 0.500. The lowest BCUT2D eigenvalue weighted by molar-refractivity contribution is -0.150. The normalized spacial score (nSPS) is 18.6. The number of oxime groups is 1. The lowest BCUT2D eigenvalue weighted by atomic mass is 10.0. The van der Waals surface area contributed by atoms with E-state index in [4.69, 9.17) is 9.94 Å². The summed E-state index contributed by atoms with van der Waals surface area (Å²) < 4.78 is 14.1. The fourth-order valence-corrected chi connectivity index (χ4v) is 11.6. The zero-order valence-corrected chi connectivity index (χ0v) is 29.4. The van der Waals surface area contributed by atoms with Crippen LogP contribution in [-0.4, -0.2) is 95.9 Å². The highest BCUT2D eigenvalue weighted by Gasteiger charge is 2.54. The maximum atomic E-state index is 13.5. The third-order valence-corrected chi connectivity index (χ3v) is 15.3. The molecule has 0 unspecified atom stereocenters. The molecular formula is C26H33N6O8PS4. The van der Waals surface area contributed by atoms with Crippen molar-refractivity contribution in [1.82, 2.24) is 20.2 Å². The van der Waals surface area contributed by atoms with Crippen LogP contribution >= 0.6 is 53.5 Å². The standard InChI is InChI=1S/C26H33N6O8PS4/c1-11(2)41(39,12(3)4)31-25-28-15(10-43-25)18(30-40-6)21(35)29-19-22(36)32-20(24(37)38)14(8-42-23(19)32)9-44-26-27-13(5)16(45-26)7-17(33)34/h10-12,19,23H,7-9H2,1-6H3,(H,29,35)(H,33,34)(H,37,38)(H,28,31,39)/t19-,23-/m1/s1. The van der Waals surface area contributed by atoms with Crippen molar-refractivity contribution in [2.24, 2.45) is 5.16 Å². The highest BCUT2D eigenvalue weighted by molar-refractivity contribution is 8.01. The minimum Gasteiger partial charge on any atom is -0.481 e. The monoisotopic (exact) mass is 716 g/mol. The topological polar surface area (TPSA) is 200 Å². The second-order valence-corrected chi connectivity index (χ2v) is 18.6. The molecule has 2 aromatic rings. The molecule has 2 atom stereocenters. The van der Waals surface area contributed by atoms with Gasteiger partial charge in [-0.1, -0.05) is 44.6 Å². The SMILES string of the molecule is CON=C(C(=O)N[C@@H]1C(=O)N2C(C(=O)O)=C(CSc3nc(C)c(CC(=O)O)s3)CS[C@H]12)c1csc(NP(=O)(C(C)C)C(C)C)n1. The van der Waals surface area contributed by atoms with Crippen LogP contribution in [0, 0.1) is 6.92 Å². The van der Waals surface area contributed by atoms with Crippen molar-refractivity contribution in [2.75, 3.05) is 23.7 Å². The number of aryl methyl sites for hydroxylation is 1. The van der Waals surface area contributed by atoms with Gasteiger partial charge in [0.25, 0.3) is 11.8 Å². The van der Waals surface area contributed by atoms with Gasteiger partial charge in [-0.25, -0.2) is 14.8 Å². The van der Waals surface area contributed by atoms with Gasteiger partial charge < -0.3 is 25.5 Å². The number of rotatable bonds is 14. The van der Waals surface area contributed by atoms with Crippen molar-refractivity contribution in [1.29, 1.82) is 0 Å². The van der Waals surface area contributed by atoms with Crippen molar-refractivity contribution >= 4 is 88.1 Å². The van der Waals surface area contributed by atoms with Crippen molar-refractivity contribution in [3.05, 3.63) is 32.9 Å². The maximum absolute atomic E-state index is 13.5. The number of β-lactam (4-membered cyclic amide) rings is 1. The van der Waals surface area contributed by atoms with Crippen LogP contribution in [0.4, 0.5) is 5.13 Å². The number of thioether (sulfide) groups is 2. The third kappa shape index (κ3) is 7.40. The van der Waals surface area contributed by atoms with E-state index in [0.29, 0.717) is 31.4 Å². The summed E-state index contributed by atoms with van der Waals surface area (Å²) in [6.45, 7) is 9.18. The molecule has 19 heteroatoms. The number of aliphatic carboxylic acids is 2. The van der Waals surface area contributed by atoms with Crippen molar-refractivity contribution in [3.8, 4) is 0 Å². The van der Waals surface area contributed by atoms with E-state index >= 15 is 0 Å². The van der Waals surface area contributed by atoms with Gasteiger partial charge in [-0.05, 0) is 12.5 Å². The van der Waals surface area contributed by atoms with E-state index in [9.17, 15) is 28.8 Å². The molecule has 0 aliphatic carbocycles. The first kappa shape index (κ1) is 34.9. The highest BCUT2D eigenvalue weighted by Crippen LogP contribution is 2.54. The van der Waals surface area contributed by atoms with E-state index < -0.39 is 42.5 Å². The second kappa shape index (κ2) is 14.2. The van der Waals surface area contributed by atoms with Crippen molar-refractivity contribution in [3.63, 3.8) is 0 Å². The average Bonchev–Trinajstić information content (AvgIpc) is 3.57. The van der Waals surface area contributed by atoms with E-state index in [-0.39, 0.29) is 40.6 Å². The summed E-state index contributed by atoms with van der Waals surface area (Å²) in [5.41, 5.74) is 0.681. The molecule has 2 amide bonds. The number of anilines is 1. The van der Waals surface area contributed by atoms with Gasteiger partial charge in [0, 0.05) is 33.1 Å². The molecule has 2 aliphatic heterocycles. The molecule has 4 N–H and O–H groups in total. The van der Waals surface area contributed by atoms with Gasteiger partial charge in [-0.15, -0.1) is 34.4 Å². The van der Waals surface area contributed by atoms with Crippen LogP contribution < -0.4 is 10.4 Å². The van der Waals surface area contributed by atoms with Gasteiger partial charge >= 0.3 is 11.9 Å². The predicted molar refractivity (Wildman–Crippen MR) is 176 cm³/mol. The molecule has 0 spiro atoms. The van der Waals surface area contributed by atoms with Gasteiger partial charge in [-0.3, -0.25) is 23.8 Å². The molecule has 244 valence electrons. The van der Waals surface area contributed by atoms with Gasteiger partial charge in [0.1, 0.15) is 29.9 Å². The minimum atomic E-state index is -2.84. The molecule has 0 aromatic carbocycles. The molecule has 0 saturated carbocycles. The molecule has 14 nitrogen and oxygen atoms in total. The Bertz CT molecular complexity index is 1610. The summed E-state index contributed by atoms with van der Waals surface area (Å²) >= 11 is 5.00. The smallest absolute Gasteiger partial charge is 0.352 e. The fourth-order valence-electron chi connectivity index (χ4n) is 4.65. The number of hydrogen-bond acceptors (Lipinski definition) is 13. The molecule has 2 aromatic heterocycles. The van der Waals surface area contributed by atoms with E-state index in [1.54, 1.807) is 12.3 Å². The maximum Gasteiger partial charge on any atom is 0.352 e. The number of carbonyl (C=O) groups excluding carboxylic acids is 2. The Morgan fingerprint density at radius 3 is 2.51 bits per heavy atom. The minimum absolute atomic E-state index is 0.137. The molecule has 1 fully saturated rings. The summed E-state index contributed by atoms with van der Waals surface area (Å²) in [6.07, 6.45) is -0.143. The summed E-state index contributed by atoms with van der Waals surface area (Å²) in [7, 11) is -1.57. The van der Waals surface area contributed by atoms with E-state index in [1.165, 1.54) is 46.9 Å². The van der Waals surface area contributed by atoms with Gasteiger partial charge in [0.05, 0.1) is 12.1 Å². The zero-order chi connectivity index (χ0) is 33.2. The molecule has 0 radical (unpaired) electrons. The summed E-state index contributed by atoms with van der Waals surface area (Å²) in [4.78, 5) is 65.4. The van der Waals surface area contributed by atoms with Crippen LogP contribution in [-0.2, 0) is 35.0 Å². The van der Waals surface area contributed by atoms with Crippen LogP contribution in [0.1, 0.15) is 44.0 Å². The Labute approximate surface area is 275 Å². The molecule has 1 saturated heterocycles. The first-order valence-electron chi connectivity index (χ1n) is 13.6. The quantitative estimate of drug-likeness (QED) is 0.0722. The van der Waals surface area contributed by atoms with Crippen molar-refractivity contribution < 1.29 is 38.8 Å². The number of carbonyl (C=O) groups is 4. The molecule has 4 rings (SSSR count). The number of thiazole rings is 2. The van der Waals surface area contributed by atoms with Crippen molar-refractivity contribution in [2.45, 2.75) is 68.1 Å². The first-order valence-corrected chi connectivity index (χ1v) is 19.2. The van der Waals surface area contributed by atoms with E-state index in [2.05, 4.69) is 25.5 Å². The number of carboxylic acid groups (broad SMARTS) is 2. The molecule has 0 bridgehead atoms. The number of fused-ring (bicyclic) bond motifs is 1. The summed E-state index contributed by atoms with van der Waals surface area (Å²) in [5, 5.41) is 29.9. The number of aromatic nitrogens is 2. The Balaban J connectivity index is 1.46. The van der Waals surface area contributed by atoms with Gasteiger partial charge in [0.15, 0.2) is 22.5 Å². The van der Waals surface area contributed by atoms with Gasteiger partial charge in [0.2, 0.25) is 0 Å². The van der Waals surface area contributed by atoms with Crippen LogP contribution in [0.3, 0.4) is 0 Å². The number of amides is 2. The Morgan fingerprint density at radius 1 is 1.22 bits per heavy atom. The Hall–Kier alpha value is -2.92. The number of nitrogens with one attached hydrogen (secondary N) is 2. The Morgan fingerprint density at radius 2 is 1.91 bits per heavy atom. The van der Waals surface area contributed by atoms with Crippen LogP contribution in [0.25, 0.3) is 0 Å². The third-order valence-electron chi connectivity index (χ3n) is 7.04. The largest absolute Gasteiger partial charge is 0.481 e. The lowest BCUT2D eigenvalue weighted by Gasteiger charge is -2.49. The number of nitrogens with zero attached hydrogens (tertiary/aromatic N) is 4. The molecular weight excluding hydrogens is 684 g/mol. The summed E-state index contributed by atoms with van der Waals surface area (Å²) in [5.74, 6) is -3.00. The summed E-state index contributed by atoms with van der Waals surface area (Å²) in [6, 6.07) is -1.01. The number of carboxylic acids is 2. The number of hydrogen-bond donors (Lipinski definition) is 4. The Kier molecular flexibility index (Phi) is 11.1. The lowest BCUT2D eigenvalue weighted by Crippen LogP contribution is -2.71. The van der Waals surface area contributed by atoms with E-state index in [0.717, 1.165) is 11.3 Å². The zero-order valence-electron chi connectivity index (χ0n) is 25.2. The van der Waals surface area contributed by atoms with E-state index in [1.807, 2.05) is 27.7 Å². The first-order chi connectivity index (χ1) is 21.2. The second-order valence-electron chi connectivity index (χ2n) is 10.6. The predicted octanol–water partition coefficient (Wildman–Crippen LogP) is 3.92. The highest BCUT2D eigenvalue weighted by atomic mass is 32.2. The van der Waals surface area contributed by atoms with Crippen LogP contribution in [0.15, 0.2) is 26.1 Å².